The molecule has 0 saturated heterocycles. The maximum atomic E-state index is 5.79. The molecule has 2 rings (SSSR count). The van der Waals surface area contributed by atoms with Crippen molar-refractivity contribution >= 4 is 11.4 Å². The van der Waals surface area contributed by atoms with Gasteiger partial charge in [0.25, 0.3) is 0 Å². The Hall–Kier alpha value is -1.96. The molecule has 0 spiro atoms. The second-order valence-electron chi connectivity index (χ2n) is 6.36. The maximum Gasteiger partial charge on any atom is 0.0369 e. The van der Waals surface area contributed by atoms with E-state index < -0.39 is 0 Å². The van der Waals surface area contributed by atoms with Gasteiger partial charge in [0.15, 0.2) is 0 Å². The zero-order chi connectivity index (χ0) is 15.5. The monoisotopic (exact) mass is 282 g/mol. The average molecular weight is 282 g/mol. The number of nitrogens with two attached hydrogens (primary N) is 1. The molecular formula is C19H26N2. The third kappa shape index (κ3) is 3.78. The molecule has 0 aliphatic heterocycles. The smallest absolute Gasteiger partial charge is 0.0369 e. The van der Waals surface area contributed by atoms with Crippen LogP contribution in [0.2, 0.25) is 0 Å². The van der Waals surface area contributed by atoms with Gasteiger partial charge in [-0.1, -0.05) is 38.1 Å². The van der Waals surface area contributed by atoms with Crippen LogP contribution in [0.15, 0.2) is 48.5 Å². The Morgan fingerprint density at radius 2 is 1.71 bits per heavy atom. The second kappa shape index (κ2) is 6.21. The van der Waals surface area contributed by atoms with Crippen LogP contribution in [0, 0.1) is 6.92 Å². The highest BCUT2D eigenvalue weighted by molar-refractivity contribution is 5.49. The van der Waals surface area contributed by atoms with Gasteiger partial charge in [0.2, 0.25) is 0 Å². The van der Waals surface area contributed by atoms with E-state index in [0.29, 0.717) is 0 Å². The van der Waals surface area contributed by atoms with Crippen LogP contribution in [0.5, 0.6) is 0 Å². The summed E-state index contributed by atoms with van der Waals surface area (Å²) in [4.78, 5) is 2.43. The minimum absolute atomic E-state index is 0.0768. The minimum atomic E-state index is 0.0768. The molecule has 0 aromatic heterocycles. The lowest BCUT2D eigenvalue weighted by Crippen LogP contribution is -2.37. The maximum absolute atomic E-state index is 5.79. The van der Waals surface area contributed by atoms with Gasteiger partial charge in [0, 0.05) is 29.9 Å². The van der Waals surface area contributed by atoms with Crippen LogP contribution < -0.4 is 10.6 Å². The molecule has 2 heteroatoms. The zero-order valence-corrected chi connectivity index (χ0v) is 13.6. The van der Waals surface area contributed by atoms with Crippen LogP contribution in [-0.4, -0.2) is 13.1 Å². The van der Waals surface area contributed by atoms with Gasteiger partial charge in [-0.2, -0.15) is 0 Å². The second-order valence-corrected chi connectivity index (χ2v) is 6.36. The Labute approximate surface area is 128 Å². The summed E-state index contributed by atoms with van der Waals surface area (Å²) in [6.45, 7) is 10.9. The molecule has 2 aromatic rings. The number of nitrogens with zero attached hydrogens (tertiary/aromatic N) is 1. The first-order valence-electron chi connectivity index (χ1n) is 7.60. The summed E-state index contributed by atoms with van der Waals surface area (Å²) < 4.78 is 0. The van der Waals surface area contributed by atoms with Crippen molar-refractivity contribution in [3.05, 3.63) is 59.7 Å². The van der Waals surface area contributed by atoms with Crippen molar-refractivity contribution in [2.45, 2.75) is 33.1 Å². The SMILES string of the molecule is CCN(CC(C)(C)c1ccc(N)cc1)c1cccc(C)c1. The normalized spacial score (nSPS) is 11.4. The topological polar surface area (TPSA) is 29.3 Å². The Balaban J connectivity index is 2.22. The lowest BCUT2D eigenvalue weighted by molar-refractivity contribution is 0.514. The summed E-state index contributed by atoms with van der Waals surface area (Å²) in [5.74, 6) is 0. The van der Waals surface area contributed by atoms with Crippen molar-refractivity contribution in [3.63, 3.8) is 0 Å². The fourth-order valence-electron chi connectivity index (χ4n) is 2.71. The summed E-state index contributed by atoms with van der Waals surface area (Å²) in [7, 11) is 0. The first-order chi connectivity index (χ1) is 9.92. The predicted octanol–water partition coefficient (Wildman–Crippen LogP) is 4.38. The molecule has 112 valence electrons. The van der Waals surface area contributed by atoms with E-state index >= 15 is 0 Å². The summed E-state index contributed by atoms with van der Waals surface area (Å²) >= 11 is 0. The molecule has 0 bridgehead atoms. The van der Waals surface area contributed by atoms with Gasteiger partial charge in [0.05, 0.1) is 0 Å². The lowest BCUT2D eigenvalue weighted by atomic mass is 9.84. The van der Waals surface area contributed by atoms with Crippen molar-refractivity contribution in [2.75, 3.05) is 23.7 Å². The van der Waals surface area contributed by atoms with Crippen LogP contribution >= 0.6 is 0 Å². The number of nitrogen functional groups attached to an aromatic ring is 1. The summed E-state index contributed by atoms with van der Waals surface area (Å²) in [6, 6.07) is 17.0. The van der Waals surface area contributed by atoms with Crippen LogP contribution in [-0.2, 0) is 5.41 Å². The molecule has 21 heavy (non-hydrogen) atoms. The van der Waals surface area contributed by atoms with Crippen LogP contribution in [0.25, 0.3) is 0 Å². The number of aryl methyl sites for hydroxylation is 1. The van der Waals surface area contributed by atoms with Crippen molar-refractivity contribution in [3.8, 4) is 0 Å². The van der Waals surface area contributed by atoms with Crippen molar-refractivity contribution in [2.24, 2.45) is 0 Å². The Morgan fingerprint density at radius 1 is 1.05 bits per heavy atom. The molecule has 0 saturated carbocycles. The quantitative estimate of drug-likeness (QED) is 0.825. The number of hydrogen-bond donors (Lipinski definition) is 1. The van der Waals surface area contributed by atoms with Crippen molar-refractivity contribution < 1.29 is 0 Å². The van der Waals surface area contributed by atoms with Gasteiger partial charge in [-0.05, 0) is 49.2 Å². The van der Waals surface area contributed by atoms with E-state index in [1.54, 1.807) is 0 Å². The molecule has 0 atom stereocenters. The highest BCUT2D eigenvalue weighted by Gasteiger charge is 2.23. The molecule has 0 unspecified atom stereocenters. The number of rotatable bonds is 5. The van der Waals surface area contributed by atoms with Crippen LogP contribution in [0.4, 0.5) is 11.4 Å². The molecule has 0 amide bonds. The van der Waals surface area contributed by atoms with E-state index in [1.165, 1.54) is 16.8 Å². The highest BCUT2D eigenvalue weighted by Crippen LogP contribution is 2.27. The fourth-order valence-corrected chi connectivity index (χ4v) is 2.71. The molecule has 2 nitrogen and oxygen atoms in total. The lowest BCUT2D eigenvalue weighted by Gasteiger charge is -2.34. The summed E-state index contributed by atoms with van der Waals surface area (Å²) in [5, 5.41) is 0. The minimum Gasteiger partial charge on any atom is -0.399 e. The summed E-state index contributed by atoms with van der Waals surface area (Å²) in [6.07, 6.45) is 0. The molecule has 0 fully saturated rings. The van der Waals surface area contributed by atoms with Crippen LogP contribution in [0.1, 0.15) is 31.9 Å². The van der Waals surface area contributed by atoms with E-state index in [-0.39, 0.29) is 5.41 Å². The molecule has 0 radical (unpaired) electrons. The summed E-state index contributed by atoms with van der Waals surface area (Å²) in [5.41, 5.74) is 10.6. The molecule has 0 aliphatic rings. The first kappa shape index (κ1) is 15.4. The molecular weight excluding hydrogens is 256 g/mol. The predicted molar refractivity (Wildman–Crippen MR) is 92.9 cm³/mol. The van der Waals surface area contributed by atoms with Gasteiger partial charge in [0.1, 0.15) is 0 Å². The Kier molecular flexibility index (Phi) is 4.56. The van der Waals surface area contributed by atoms with Gasteiger partial charge in [-0.25, -0.2) is 0 Å². The van der Waals surface area contributed by atoms with Gasteiger partial charge in [-0.15, -0.1) is 0 Å². The van der Waals surface area contributed by atoms with Gasteiger partial charge < -0.3 is 10.6 Å². The zero-order valence-electron chi connectivity index (χ0n) is 13.6. The molecule has 0 heterocycles. The van der Waals surface area contributed by atoms with E-state index in [4.69, 9.17) is 5.73 Å². The highest BCUT2D eigenvalue weighted by atomic mass is 15.1. The number of benzene rings is 2. The van der Waals surface area contributed by atoms with Crippen LogP contribution in [0.3, 0.4) is 0 Å². The fraction of sp³-hybridized carbons (Fsp3) is 0.368. The van der Waals surface area contributed by atoms with Crippen molar-refractivity contribution in [1.82, 2.24) is 0 Å². The van der Waals surface area contributed by atoms with E-state index in [2.05, 4.69) is 69.0 Å². The number of likely N-dealkylation sites (N-methyl/N-ethyl adjacent to an activating group) is 1. The third-order valence-electron chi connectivity index (χ3n) is 4.03. The number of anilines is 2. The first-order valence-corrected chi connectivity index (χ1v) is 7.60. The Morgan fingerprint density at radius 3 is 2.29 bits per heavy atom. The van der Waals surface area contributed by atoms with E-state index in [9.17, 15) is 0 Å². The molecule has 2 aromatic carbocycles. The average Bonchev–Trinajstić information content (AvgIpc) is 2.45. The number of hydrogen-bond acceptors (Lipinski definition) is 2. The largest absolute Gasteiger partial charge is 0.399 e. The third-order valence-corrected chi connectivity index (χ3v) is 4.03. The molecule has 0 aliphatic carbocycles. The molecule has 2 N–H and O–H groups in total. The van der Waals surface area contributed by atoms with Crippen molar-refractivity contribution in [1.29, 1.82) is 0 Å². The Bertz CT molecular complexity index is 585. The standard InChI is InChI=1S/C19H26N2/c1-5-21(18-8-6-7-15(2)13-18)14-19(3,4)16-9-11-17(20)12-10-16/h6-13H,5,14,20H2,1-4H3. The van der Waals surface area contributed by atoms with Gasteiger partial charge >= 0.3 is 0 Å². The van der Waals surface area contributed by atoms with E-state index in [1.807, 2.05) is 12.1 Å². The van der Waals surface area contributed by atoms with Gasteiger partial charge in [-0.3, -0.25) is 0 Å². The van der Waals surface area contributed by atoms with E-state index in [0.717, 1.165) is 18.8 Å².